The van der Waals surface area contributed by atoms with E-state index in [-0.39, 0.29) is 28.6 Å². The van der Waals surface area contributed by atoms with Crippen LogP contribution < -0.4 is 21.3 Å². The van der Waals surface area contributed by atoms with Crippen LogP contribution in [0.25, 0.3) is 10.9 Å². The van der Waals surface area contributed by atoms with Crippen LogP contribution >= 0.6 is 0 Å². The summed E-state index contributed by atoms with van der Waals surface area (Å²) >= 11 is 0. The number of hydrogen-bond donors (Lipinski definition) is 3. The molecule has 0 radical (unpaired) electrons. The number of carbonyl (C=O) groups excluding carboxylic acids is 1. The van der Waals surface area contributed by atoms with Gasteiger partial charge in [0.05, 0.1) is 15.8 Å². The molecule has 4 rings (SSSR count). The standard InChI is InChI=1S/C20H20N4O5S/c1-2-24-19(26)16-9-6-12(10-17(16)22-20(24)27)18(25)21-14-4-3-5-15(11-14)30(28,29)23-13-7-8-13/h3-6,9-11,13,23H,2,7-8H2,1H3,(H,21,25)(H,22,27). The van der Waals surface area contributed by atoms with Crippen LogP contribution in [0, 0.1) is 0 Å². The summed E-state index contributed by atoms with van der Waals surface area (Å²) in [5, 5.41) is 2.95. The van der Waals surface area contributed by atoms with Gasteiger partial charge in [0.2, 0.25) is 10.0 Å². The number of amides is 1. The Labute approximate surface area is 171 Å². The number of sulfonamides is 1. The summed E-state index contributed by atoms with van der Waals surface area (Å²) in [4.78, 5) is 39.7. The predicted molar refractivity (Wildman–Crippen MR) is 112 cm³/mol. The summed E-state index contributed by atoms with van der Waals surface area (Å²) < 4.78 is 28.4. The van der Waals surface area contributed by atoms with E-state index in [0.29, 0.717) is 11.1 Å². The summed E-state index contributed by atoms with van der Waals surface area (Å²) in [6.45, 7) is 1.93. The molecule has 0 spiro atoms. The van der Waals surface area contributed by atoms with E-state index in [9.17, 15) is 22.8 Å². The Morgan fingerprint density at radius 1 is 1.17 bits per heavy atom. The highest BCUT2D eigenvalue weighted by Gasteiger charge is 2.28. The first-order valence-electron chi connectivity index (χ1n) is 9.49. The number of aromatic nitrogens is 2. The molecular formula is C20H20N4O5S. The monoisotopic (exact) mass is 428 g/mol. The SMILES string of the molecule is CCn1c(=O)[nH]c2cc(C(=O)Nc3cccc(S(=O)(=O)NC4CC4)c3)ccc2c1=O. The molecule has 1 aliphatic rings. The Morgan fingerprint density at radius 3 is 2.63 bits per heavy atom. The molecule has 0 atom stereocenters. The molecule has 0 saturated heterocycles. The molecule has 1 heterocycles. The molecule has 30 heavy (non-hydrogen) atoms. The number of H-pyrrole nitrogens is 1. The quantitative estimate of drug-likeness (QED) is 0.546. The average Bonchev–Trinajstić information content (AvgIpc) is 3.51. The van der Waals surface area contributed by atoms with E-state index in [1.54, 1.807) is 19.1 Å². The van der Waals surface area contributed by atoms with Crippen LogP contribution in [0.15, 0.2) is 56.9 Å². The lowest BCUT2D eigenvalue weighted by atomic mass is 10.1. The van der Waals surface area contributed by atoms with Gasteiger partial charge in [0.1, 0.15) is 0 Å². The van der Waals surface area contributed by atoms with Crippen LogP contribution in [-0.4, -0.2) is 29.9 Å². The first-order chi connectivity index (χ1) is 14.3. The number of nitrogens with zero attached hydrogens (tertiary/aromatic N) is 1. The molecule has 0 aliphatic heterocycles. The maximum Gasteiger partial charge on any atom is 0.328 e. The number of nitrogens with one attached hydrogen (secondary N) is 3. The van der Waals surface area contributed by atoms with E-state index in [4.69, 9.17) is 0 Å². The fourth-order valence-corrected chi connectivity index (χ4v) is 4.47. The van der Waals surface area contributed by atoms with Gasteiger partial charge in [-0.3, -0.25) is 14.2 Å². The smallest absolute Gasteiger partial charge is 0.322 e. The Morgan fingerprint density at radius 2 is 1.93 bits per heavy atom. The van der Waals surface area contributed by atoms with Crippen LogP contribution in [0.1, 0.15) is 30.1 Å². The van der Waals surface area contributed by atoms with E-state index in [1.807, 2.05) is 0 Å². The molecular weight excluding hydrogens is 408 g/mol. The van der Waals surface area contributed by atoms with Crippen LogP contribution in [-0.2, 0) is 16.6 Å². The molecule has 156 valence electrons. The van der Waals surface area contributed by atoms with Gasteiger partial charge >= 0.3 is 5.69 Å². The molecule has 9 nitrogen and oxygen atoms in total. The van der Waals surface area contributed by atoms with Crippen LogP contribution in [0.4, 0.5) is 5.69 Å². The normalized spacial score (nSPS) is 14.0. The highest BCUT2D eigenvalue weighted by Crippen LogP contribution is 2.23. The number of benzene rings is 2. The minimum absolute atomic E-state index is 0.0229. The van der Waals surface area contributed by atoms with Crippen LogP contribution in [0.5, 0.6) is 0 Å². The molecule has 1 aliphatic carbocycles. The summed E-state index contributed by atoms with van der Waals surface area (Å²) in [7, 11) is -3.64. The summed E-state index contributed by atoms with van der Waals surface area (Å²) in [6.07, 6.45) is 1.64. The van der Waals surface area contributed by atoms with Gasteiger partial charge in [-0.2, -0.15) is 0 Å². The molecule has 3 aromatic rings. The zero-order valence-electron chi connectivity index (χ0n) is 16.1. The lowest BCUT2D eigenvalue weighted by Gasteiger charge is -2.10. The molecule has 10 heteroatoms. The van der Waals surface area contributed by atoms with Crippen molar-refractivity contribution >= 4 is 32.5 Å². The lowest BCUT2D eigenvalue weighted by Crippen LogP contribution is -2.34. The molecule has 0 unspecified atom stereocenters. The average molecular weight is 428 g/mol. The highest BCUT2D eigenvalue weighted by atomic mass is 32.2. The molecule has 1 aromatic heterocycles. The second-order valence-corrected chi connectivity index (χ2v) is 8.83. The van der Waals surface area contributed by atoms with E-state index in [1.165, 1.54) is 30.3 Å². The topological polar surface area (TPSA) is 130 Å². The third-order valence-corrected chi connectivity index (χ3v) is 6.38. The van der Waals surface area contributed by atoms with Crippen LogP contribution in [0.3, 0.4) is 0 Å². The molecule has 2 aromatic carbocycles. The predicted octanol–water partition coefficient (Wildman–Crippen LogP) is 1.40. The first kappa shape index (κ1) is 20.0. The minimum atomic E-state index is -3.64. The number of aromatic amines is 1. The number of hydrogen-bond acceptors (Lipinski definition) is 5. The van der Waals surface area contributed by atoms with Gasteiger partial charge in [0.15, 0.2) is 0 Å². The molecule has 3 N–H and O–H groups in total. The van der Waals surface area contributed by atoms with Crippen molar-refractivity contribution < 1.29 is 13.2 Å². The number of rotatable bonds is 6. The van der Waals surface area contributed by atoms with Crippen molar-refractivity contribution in [2.24, 2.45) is 0 Å². The van der Waals surface area contributed by atoms with E-state index in [2.05, 4.69) is 15.0 Å². The van der Waals surface area contributed by atoms with Crippen molar-refractivity contribution in [1.82, 2.24) is 14.3 Å². The van der Waals surface area contributed by atoms with Gasteiger partial charge in [-0.05, 0) is 56.2 Å². The Kier molecular flexibility index (Phi) is 5.04. The van der Waals surface area contributed by atoms with Crippen LogP contribution in [0.2, 0.25) is 0 Å². The maximum atomic E-state index is 12.6. The fourth-order valence-electron chi connectivity index (χ4n) is 3.12. The number of carbonyl (C=O) groups is 1. The van der Waals surface area contributed by atoms with Crippen molar-refractivity contribution in [3.05, 3.63) is 68.9 Å². The minimum Gasteiger partial charge on any atom is -0.322 e. The van der Waals surface area contributed by atoms with Crippen molar-refractivity contribution in [3.63, 3.8) is 0 Å². The summed E-state index contributed by atoms with van der Waals surface area (Å²) in [5.41, 5.74) is -0.185. The van der Waals surface area contributed by atoms with Gasteiger partial charge in [-0.15, -0.1) is 0 Å². The third-order valence-electron chi connectivity index (χ3n) is 4.86. The van der Waals surface area contributed by atoms with E-state index >= 15 is 0 Å². The zero-order valence-corrected chi connectivity index (χ0v) is 17.0. The lowest BCUT2D eigenvalue weighted by molar-refractivity contribution is 0.102. The van der Waals surface area contributed by atoms with Crippen molar-refractivity contribution in [3.8, 4) is 0 Å². The van der Waals surface area contributed by atoms with Gasteiger partial charge in [0.25, 0.3) is 11.5 Å². The summed E-state index contributed by atoms with van der Waals surface area (Å²) in [5.74, 6) is -0.498. The first-order valence-corrected chi connectivity index (χ1v) is 11.0. The van der Waals surface area contributed by atoms with Crippen molar-refractivity contribution in [2.45, 2.75) is 37.2 Å². The van der Waals surface area contributed by atoms with Crippen molar-refractivity contribution in [2.75, 3.05) is 5.32 Å². The second-order valence-electron chi connectivity index (χ2n) is 7.12. The Balaban J connectivity index is 1.61. The summed E-state index contributed by atoms with van der Waals surface area (Å²) in [6, 6.07) is 10.3. The molecule has 1 amide bonds. The third kappa shape index (κ3) is 3.91. The van der Waals surface area contributed by atoms with E-state index < -0.39 is 27.2 Å². The van der Waals surface area contributed by atoms with Gasteiger partial charge in [-0.25, -0.2) is 17.9 Å². The van der Waals surface area contributed by atoms with E-state index in [0.717, 1.165) is 17.4 Å². The largest absolute Gasteiger partial charge is 0.328 e. The van der Waals surface area contributed by atoms with Gasteiger partial charge in [0, 0.05) is 23.8 Å². The van der Waals surface area contributed by atoms with Gasteiger partial charge < -0.3 is 10.3 Å². The highest BCUT2D eigenvalue weighted by molar-refractivity contribution is 7.89. The van der Waals surface area contributed by atoms with Gasteiger partial charge in [-0.1, -0.05) is 6.07 Å². The molecule has 0 bridgehead atoms. The second kappa shape index (κ2) is 7.54. The molecule has 1 saturated carbocycles. The maximum absolute atomic E-state index is 12.6. The Bertz CT molecular complexity index is 1370. The molecule has 1 fully saturated rings. The zero-order chi connectivity index (χ0) is 21.5. The number of fused-ring (bicyclic) bond motifs is 1. The Hall–Kier alpha value is -3.24. The van der Waals surface area contributed by atoms with Crippen molar-refractivity contribution in [1.29, 1.82) is 0 Å². The number of anilines is 1. The fraction of sp³-hybridized carbons (Fsp3) is 0.250.